The van der Waals surface area contributed by atoms with E-state index in [1.807, 2.05) is 6.07 Å². The van der Waals surface area contributed by atoms with Gasteiger partial charge in [-0.1, -0.05) is 18.2 Å². The van der Waals surface area contributed by atoms with Crippen LogP contribution < -0.4 is 10.2 Å². The van der Waals surface area contributed by atoms with E-state index < -0.39 is 11.9 Å². The first-order valence-electron chi connectivity index (χ1n) is 7.01. The fourth-order valence-electron chi connectivity index (χ4n) is 3.11. The van der Waals surface area contributed by atoms with Crippen LogP contribution in [-0.2, 0) is 14.3 Å². The third-order valence-corrected chi connectivity index (χ3v) is 4.30. The van der Waals surface area contributed by atoms with Crippen molar-refractivity contribution in [3.05, 3.63) is 29.8 Å². The van der Waals surface area contributed by atoms with Gasteiger partial charge in [-0.05, 0) is 18.7 Å². The van der Waals surface area contributed by atoms with Gasteiger partial charge in [-0.25, -0.2) is 0 Å². The Morgan fingerprint density at radius 1 is 1.33 bits per heavy atom. The number of ether oxygens (including phenoxy) is 1. The number of hydrogen-bond acceptors (Lipinski definition) is 4. The number of carbonyl (C=O) groups excluding carboxylic acids is 1. The van der Waals surface area contributed by atoms with Crippen LogP contribution in [0.15, 0.2) is 24.3 Å². The number of likely N-dealkylation sites (N-methyl/N-ethyl adjacent to an activating group) is 1. The Balaban J connectivity index is 1.90. The molecule has 1 fully saturated rings. The summed E-state index contributed by atoms with van der Waals surface area (Å²) < 4.78 is 5.38. The van der Waals surface area contributed by atoms with Gasteiger partial charge < -0.3 is 20.1 Å². The van der Waals surface area contributed by atoms with Gasteiger partial charge in [0.15, 0.2) is 0 Å². The largest absolute Gasteiger partial charge is 0.481 e. The van der Waals surface area contributed by atoms with Crippen molar-refractivity contribution in [2.45, 2.75) is 12.0 Å². The molecule has 0 bridgehead atoms. The van der Waals surface area contributed by atoms with E-state index in [1.165, 1.54) is 0 Å². The van der Waals surface area contributed by atoms with Crippen LogP contribution >= 0.6 is 0 Å². The van der Waals surface area contributed by atoms with E-state index in [1.54, 1.807) is 30.1 Å². The van der Waals surface area contributed by atoms with Crippen molar-refractivity contribution in [2.24, 2.45) is 5.92 Å². The number of carboxylic acid groups (broad SMARTS) is 1. The number of nitrogens with zero attached hydrogens (tertiary/aromatic N) is 1. The molecule has 0 radical (unpaired) electrons. The molecule has 0 aromatic heterocycles. The highest BCUT2D eigenvalue weighted by Crippen LogP contribution is 2.37. The highest BCUT2D eigenvalue weighted by Gasteiger charge is 2.42. The second-order valence-electron chi connectivity index (χ2n) is 5.44. The minimum Gasteiger partial charge on any atom is -0.481 e. The Bertz CT molecular complexity index is 575. The maximum atomic E-state index is 12.8. The molecule has 0 spiro atoms. The van der Waals surface area contributed by atoms with Crippen LogP contribution in [0, 0.1) is 5.92 Å². The van der Waals surface area contributed by atoms with Crippen molar-refractivity contribution in [2.75, 3.05) is 31.7 Å². The number of para-hydroxylation sites is 1. The van der Waals surface area contributed by atoms with Crippen LogP contribution in [0.1, 0.15) is 11.5 Å². The first kappa shape index (κ1) is 14.0. The van der Waals surface area contributed by atoms with Gasteiger partial charge in [0, 0.05) is 18.3 Å². The molecule has 0 aliphatic carbocycles. The van der Waals surface area contributed by atoms with Gasteiger partial charge >= 0.3 is 5.97 Å². The summed E-state index contributed by atoms with van der Waals surface area (Å²) in [7, 11) is 1.80. The molecule has 2 aliphatic rings. The molecule has 21 heavy (non-hydrogen) atoms. The monoisotopic (exact) mass is 290 g/mol. The minimum atomic E-state index is -0.898. The summed E-state index contributed by atoms with van der Waals surface area (Å²) in [6.07, 6.45) is 0. The number of anilines is 1. The average molecular weight is 290 g/mol. The van der Waals surface area contributed by atoms with Crippen LogP contribution in [-0.4, -0.2) is 49.8 Å². The summed E-state index contributed by atoms with van der Waals surface area (Å²) in [5.41, 5.74) is 1.41. The summed E-state index contributed by atoms with van der Waals surface area (Å²) in [6.45, 7) is 1.08. The molecule has 1 aromatic rings. The zero-order chi connectivity index (χ0) is 15.0. The lowest BCUT2D eigenvalue weighted by molar-refractivity contribution is -0.138. The fraction of sp³-hybridized carbons (Fsp3) is 0.467. The number of fused-ring (bicyclic) bond motifs is 1. The standard InChI is InChI=1S/C15H18N2O4/c1-16-12-8-21-7-11(12)14(18)17-6-10(15(19)20)9-4-2-3-5-13(9)17/h2-5,10-12,16H,6-8H2,1H3,(H,19,20). The predicted octanol–water partition coefficient (Wildman–Crippen LogP) is 0.436. The minimum absolute atomic E-state index is 0.0199. The molecule has 3 rings (SSSR count). The molecule has 112 valence electrons. The Kier molecular flexibility index (Phi) is 3.65. The van der Waals surface area contributed by atoms with E-state index in [4.69, 9.17) is 4.74 Å². The summed E-state index contributed by atoms with van der Waals surface area (Å²) in [4.78, 5) is 25.8. The summed E-state index contributed by atoms with van der Waals surface area (Å²) in [5.74, 6) is -1.88. The van der Waals surface area contributed by atoms with Gasteiger partial charge in [-0.2, -0.15) is 0 Å². The molecule has 1 aromatic carbocycles. The molecule has 6 nitrogen and oxygen atoms in total. The molecule has 1 amide bonds. The smallest absolute Gasteiger partial charge is 0.312 e. The van der Waals surface area contributed by atoms with Crippen LogP contribution in [0.25, 0.3) is 0 Å². The second-order valence-corrected chi connectivity index (χ2v) is 5.44. The topological polar surface area (TPSA) is 78.9 Å². The lowest BCUT2D eigenvalue weighted by atomic mass is 10.0. The van der Waals surface area contributed by atoms with Gasteiger partial charge in [-0.3, -0.25) is 9.59 Å². The number of hydrogen-bond donors (Lipinski definition) is 2. The number of carboxylic acids is 1. The quantitative estimate of drug-likeness (QED) is 0.844. The molecular weight excluding hydrogens is 272 g/mol. The zero-order valence-corrected chi connectivity index (χ0v) is 11.8. The molecule has 2 aliphatic heterocycles. The summed E-state index contributed by atoms with van der Waals surface area (Å²) >= 11 is 0. The number of amides is 1. The van der Waals surface area contributed by atoms with Crippen LogP contribution in [0.5, 0.6) is 0 Å². The molecule has 6 heteroatoms. The molecule has 0 saturated carbocycles. The van der Waals surface area contributed by atoms with E-state index in [0.29, 0.717) is 24.5 Å². The van der Waals surface area contributed by atoms with Gasteiger partial charge in [0.2, 0.25) is 5.91 Å². The highest BCUT2D eigenvalue weighted by atomic mass is 16.5. The lowest BCUT2D eigenvalue weighted by Crippen LogP contribution is -2.44. The van der Waals surface area contributed by atoms with Crippen molar-refractivity contribution < 1.29 is 19.4 Å². The highest BCUT2D eigenvalue weighted by molar-refractivity contribution is 6.00. The maximum Gasteiger partial charge on any atom is 0.312 e. The van der Waals surface area contributed by atoms with E-state index in [9.17, 15) is 14.7 Å². The number of aliphatic carboxylic acids is 1. The molecule has 1 saturated heterocycles. The molecule has 2 N–H and O–H groups in total. The Hall–Kier alpha value is -1.92. The number of carbonyl (C=O) groups is 2. The number of benzene rings is 1. The van der Waals surface area contributed by atoms with Crippen molar-refractivity contribution >= 4 is 17.6 Å². The van der Waals surface area contributed by atoms with Crippen molar-refractivity contribution in [1.82, 2.24) is 5.32 Å². The Morgan fingerprint density at radius 3 is 2.81 bits per heavy atom. The SMILES string of the molecule is CNC1COCC1C(=O)N1CC(C(=O)O)c2ccccc21. The van der Waals surface area contributed by atoms with Crippen molar-refractivity contribution in [1.29, 1.82) is 0 Å². The normalized spacial score (nSPS) is 27.7. The van der Waals surface area contributed by atoms with Gasteiger partial charge in [0.25, 0.3) is 0 Å². The van der Waals surface area contributed by atoms with Gasteiger partial charge in [0.05, 0.1) is 19.1 Å². The van der Waals surface area contributed by atoms with Crippen molar-refractivity contribution in [3.8, 4) is 0 Å². The van der Waals surface area contributed by atoms with Crippen LogP contribution in [0.3, 0.4) is 0 Å². The third-order valence-electron chi connectivity index (χ3n) is 4.30. The van der Waals surface area contributed by atoms with E-state index in [-0.39, 0.29) is 24.4 Å². The van der Waals surface area contributed by atoms with Gasteiger partial charge in [-0.15, -0.1) is 0 Å². The van der Waals surface area contributed by atoms with Crippen molar-refractivity contribution in [3.63, 3.8) is 0 Å². The Morgan fingerprint density at radius 2 is 2.10 bits per heavy atom. The second kappa shape index (κ2) is 5.46. The molecule has 2 heterocycles. The molecular formula is C15H18N2O4. The first-order chi connectivity index (χ1) is 10.1. The number of rotatable bonds is 3. The van der Waals surface area contributed by atoms with Crippen LogP contribution in [0.2, 0.25) is 0 Å². The predicted molar refractivity (Wildman–Crippen MR) is 76.3 cm³/mol. The van der Waals surface area contributed by atoms with Crippen LogP contribution in [0.4, 0.5) is 5.69 Å². The Labute approximate surface area is 122 Å². The van der Waals surface area contributed by atoms with Gasteiger partial charge in [0.1, 0.15) is 5.92 Å². The molecule has 3 atom stereocenters. The lowest BCUT2D eigenvalue weighted by Gasteiger charge is -2.24. The maximum absolute atomic E-state index is 12.8. The van der Waals surface area contributed by atoms with E-state index in [0.717, 1.165) is 0 Å². The van der Waals surface area contributed by atoms with E-state index >= 15 is 0 Å². The zero-order valence-electron chi connectivity index (χ0n) is 11.8. The third kappa shape index (κ3) is 2.30. The van der Waals surface area contributed by atoms with E-state index in [2.05, 4.69) is 5.32 Å². The number of nitrogens with one attached hydrogen (secondary N) is 1. The summed E-state index contributed by atoms with van der Waals surface area (Å²) in [6, 6.07) is 7.19. The first-order valence-corrected chi connectivity index (χ1v) is 7.01. The summed E-state index contributed by atoms with van der Waals surface area (Å²) in [5, 5.41) is 12.4. The average Bonchev–Trinajstić information content (AvgIpc) is 3.11. The molecule has 3 unspecified atom stereocenters. The fourth-order valence-corrected chi connectivity index (χ4v) is 3.11.